The van der Waals surface area contributed by atoms with Gasteiger partial charge in [-0.1, -0.05) is 35.8 Å². The Morgan fingerprint density at radius 3 is 2.72 bits per heavy atom. The summed E-state index contributed by atoms with van der Waals surface area (Å²) in [5.41, 5.74) is 0.187. The van der Waals surface area contributed by atoms with Crippen LogP contribution in [0.5, 0.6) is 0 Å². The molecule has 2 amide bonds. The SMILES string of the molecule is C=CC1=C(C(=O)OC(C)(C)C)N2C(=O)[C@@H](NC(=O)CSc3nnc(C)s3)[C@H]2SC1. The van der Waals surface area contributed by atoms with Gasteiger partial charge in [0.2, 0.25) is 5.91 Å². The molecule has 1 saturated heterocycles. The van der Waals surface area contributed by atoms with Gasteiger partial charge in [-0.2, -0.15) is 0 Å². The molecule has 1 N–H and O–H groups in total. The van der Waals surface area contributed by atoms with Crippen molar-refractivity contribution in [2.75, 3.05) is 11.5 Å². The van der Waals surface area contributed by atoms with Gasteiger partial charge >= 0.3 is 5.97 Å². The number of aryl methyl sites for hydroxylation is 1. The van der Waals surface area contributed by atoms with Gasteiger partial charge in [-0.25, -0.2) is 4.79 Å². The number of aromatic nitrogens is 2. The van der Waals surface area contributed by atoms with Crippen molar-refractivity contribution in [1.82, 2.24) is 20.4 Å². The van der Waals surface area contributed by atoms with Gasteiger partial charge in [0.25, 0.3) is 5.91 Å². The van der Waals surface area contributed by atoms with Crippen LogP contribution >= 0.6 is 34.9 Å². The van der Waals surface area contributed by atoms with Gasteiger partial charge in [-0.3, -0.25) is 14.5 Å². The van der Waals surface area contributed by atoms with E-state index in [9.17, 15) is 14.4 Å². The second-order valence-electron chi connectivity index (χ2n) is 7.41. The number of amides is 2. The molecule has 0 saturated carbocycles. The zero-order chi connectivity index (χ0) is 21.3. The van der Waals surface area contributed by atoms with E-state index in [1.54, 1.807) is 26.8 Å². The van der Waals surface area contributed by atoms with Crippen molar-refractivity contribution in [3.63, 3.8) is 0 Å². The lowest BCUT2D eigenvalue weighted by Gasteiger charge is -2.49. The fourth-order valence-electron chi connectivity index (χ4n) is 2.79. The number of carbonyl (C=O) groups excluding carboxylic acids is 3. The van der Waals surface area contributed by atoms with Crippen molar-refractivity contribution in [1.29, 1.82) is 0 Å². The van der Waals surface area contributed by atoms with E-state index in [0.29, 0.717) is 15.7 Å². The summed E-state index contributed by atoms with van der Waals surface area (Å²) >= 11 is 4.17. The lowest BCUT2D eigenvalue weighted by Crippen LogP contribution is -2.70. The normalized spacial score (nSPS) is 21.4. The molecule has 3 heterocycles. The van der Waals surface area contributed by atoms with E-state index >= 15 is 0 Å². The predicted octanol–water partition coefficient (Wildman–Crippen LogP) is 2.12. The van der Waals surface area contributed by atoms with Crippen molar-refractivity contribution >= 4 is 52.6 Å². The Morgan fingerprint density at radius 1 is 1.41 bits per heavy atom. The van der Waals surface area contributed by atoms with Crippen LogP contribution < -0.4 is 5.32 Å². The van der Waals surface area contributed by atoms with E-state index < -0.39 is 17.6 Å². The summed E-state index contributed by atoms with van der Waals surface area (Å²) in [5.74, 6) is -0.496. The largest absolute Gasteiger partial charge is 0.455 e. The Bertz CT molecular complexity index is 890. The second-order valence-corrected chi connectivity index (χ2v) is 10.9. The summed E-state index contributed by atoms with van der Waals surface area (Å²) in [6, 6.07) is -0.673. The summed E-state index contributed by atoms with van der Waals surface area (Å²) in [6.45, 7) is 10.9. The Labute approximate surface area is 181 Å². The molecule has 3 rings (SSSR count). The first-order chi connectivity index (χ1) is 13.6. The molecule has 0 aliphatic carbocycles. The number of fused-ring (bicyclic) bond motifs is 1. The molecular formula is C18H22N4O4S3. The lowest BCUT2D eigenvalue weighted by atomic mass is 10.0. The monoisotopic (exact) mass is 454 g/mol. The van der Waals surface area contributed by atoms with E-state index in [2.05, 4.69) is 22.1 Å². The average Bonchev–Trinajstić information content (AvgIpc) is 3.06. The minimum Gasteiger partial charge on any atom is -0.455 e. The first-order valence-electron chi connectivity index (χ1n) is 8.86. The number of nitrogens with zero attached hydrogens (tertiary/aromatic N) is 3. The van der Waals surface area contributed by atoms with Crippen LogP contribution in [-0.2, 0) is 19.1 Å². The predicted molar refractivity (Wildman–Crippen MR) is 113 cm³/mol. The Morgan fingerprint density at radius 2 is 2.14 bits per heavy atom. The molecule has 1 aromatic rings. The van der Waals surface area contributed by atoms with Crippen LogP contribution in [0.2, 0.25) is 0 Å². The van der Waals surface area contributed by atoms with Gasteiger partial charge in [0, 0.05) is 5.75 Å². The topological polar surface area (TPSA) is 101 Å². The molecule has 0 bridgehead atoms. The number of allylic oxidation sites excluding steroid dienone is 1. The van der Waals surface area contributed by atoms with Crippen LogP contribution in [0.15, 0.2) is 28.3 Å². The molecule has 1 fully saturated rings. The molecule has 0 radical (unpaired) electrons. The van der Waals surface area contributed by atoms with Gasteiger partial charge in [0.1, 0.15) is 27.7 Å². The number of β-lactam (4-membered cyclic amide) rings is 1. The highest BCUT2D eigenvalue weighted by molar-refractivity contribution is 8.01. The standard InChI is InChI=1S/C18H22N4O4S3/c1-6-10-7-27-15-12(19-11(23)8-28-17-21-20-9(2)29-17)14(24)22(15)13(10)16(25)26-18(3,4)5/h6,12,15H,1,7-8H2,2-5H3,(H,19,23)/t12-,15-/m1/s1. The molecule has 0 unspecified atom stereocenters. The average molecular weight is 455 g/mol. The maximum atomic E-state index is 12.7. The molecule has 8 nitrogen and oxygen atoms in total. The molecule has 2 aliphatic heterocycles. The first-order valence-corrected chi connectivity index (χ1v) is 11.7. The van der Waals surface area contributed by atoms with Crippen LogP contribution in [0.4, 0.5) is 0 Å². The molecule has 11 heteroatoms. The van der Waals surface area contributed by atoms with Crippen LogP contribution in [0.25, 0.3) is 0 Å². The van der Waals surface area contributed by atoms with Crippen molar-refractivity contribution < 1.29 is 19.1 Å². The number of rotatable bonds is 6. The highest BCUT2D eigenvalue weighted by Crippen LogP contribution is 2.41. The summed E-state index contributed by atoms with van der Waals surface area (Å²) < 4.78 is 6.17. The number of hydrogen-bond acceptors (Lipinski definition) is 9. The van der Waals surface area contributed by atoms with E-state index in [4.69, 9.17) is 4.74 Å². The highest BCUT2D eigenvalue weighted by Gasteiger charge is 2.54. The molecule has 2 atom stereocenters. The third-order valence-corrected chi connectivity index (χ3v) is 7.26. The zero-order valence-corrected chi connectivity index (χ0v) is 19.0. The molecule has 156 valence electrons. The molecule has 1 aromatic heterocycles. The van der Waals surface area contributed by atoms with Gasteiger partial charge in [-0.15, -0.1) is 22.0 Å². The third-order valence-electron chi connectivity index (χ3n) is 3.99. The zero-order valence-electron chi connectivity index (χ0n) is 16.6. The van der Waals surface area contributed by atoms with Crippen LogP contribution in [-0.4, -0.2) is 61.4 Å². The molecule has 2 aliphatic rings. The number of hydrogen-bond donors (Lipinski definition) is 1. The van der Waals surface area contributed by atoms with Crippen molar-refractivity contribution in [2.24, 2.45) is 0 Å². The fourth-order valence-corrected chi connectivity index (χ4v) is 5.76. The van der Waals surface area contributed by atoms with E-state index in [0.717, 1.165) is 5.01 Å². The van der Waals surface area contributed by atoms with Gasteiger partial charge in [0.05, 0.1) is 5.75 Å². The lowest BCUT2D eigenvalue weighted by molar-refractivity contribution is -0.158. The molecule has 0 aromatic carbocycles. The van der Waals surface area contributed by atoms with E-state index in [1.807, 2.05) is 6.92 Å². The number of ether oxygens (including phenoxy) is 1. The van der Waals surface area contributed by atoms with Gasteiger partial charge in [0.15, 0.2) is 4.34 Å². The summed E-state index contributed by atoms with van der Waals surface area (Å²) in [5, 5.41) is 11.1. The first kappa shape index (κ1) is 21.8. The fraction of sp³-hybridized carbons (Fsp3) is 0.500. The van der Waals surface area contributed by atoms with E-state index in [-0.39, 0.29) is 28.6 Å². The number of thioether (sulfide) groups is 2. The maximum absolute atomic E-state index is 12.7. The summed E-state index contributed by atoms with van der Waals surface area (Å²) in [7, 11) is 0. The highest BCUT2D eigenvalue weighted by atomic mass is 32.2. The third kappa shape index (κ3) is 4.84. The Balaban J connectivity index is 1.65. The quantitative estimate of drug-likeness (QED) is 0.396. The van der Waals surface area contributed by atoms with Crippen LogP contribution in [0.1, 0.15) is 25.8 Å². The van der Waals surface area contributed by atoms with Crippen LogP contribution in [0, 0.1) is 6.92 Å². The molecule has 29 heavy (non-hydrogen) atoms. The number of carbonyl (C=O) groups is 3. The van der Waals surface area contributed by atoms with Crippen LogP contribution in [0.3, 0.4) is 0 Å². The number of nitrogens with one attached hydrogen (secondary N) is 1. The summed E-state index contributed by atoms with van der Waals surface area (Å²) in [6.07, 6.45) is 1.57. The van der Waals surface area contributed by atoms with Crippen molar-refractivity contribution in [2.45, 2.75) is 49.1 Å². The van der Waals surface area contributed by atoms with Crippen molar-refractivity contribution in [3.05, 3.63) is 28.9 Å². The Kier molecular flexibility index (Phi) is 6.39. The summed E-state index contributed by atoms with van der Waals surface area (Å²) in [4.78, 5) is 39.1. The van der Waals surface area contributed by atoms with Gasteiger partial charge < -0.3 is 10.1 Å². The maximum Gasteiger partial charge on any atom is 0.355 e. The van der Waals surface area contributed by atoms with Crippen molar-refractivity contribution in [3.8, 4) is 0 Å². The van der Waals surface area contributed by atoms with Gasteiger partial charge in [-0.05, 0) is 33.3 Å². The number of esters is 1. The molecular weight excluding hydrogens is 432 g/mol. The molecule has 0 spiro atoms. The van der Waals surface area contributed by atoms with E-state index in [1.165, 1.54) is 39.8 Å². The minimum absolute atomic E-state index is 0.141. The second kappa shape index (κ2) is 8.49. The minimum atomic E-state index is -0.682. The Hall–Kier alpha value is -1.85. The smallest absolute Gasteiger partial charge is 0.355 e.